The molecule has 2 unspecified atom stereocenters. The molecule has 1 amide bonds. The van der Waals surface area contributed by atoms with Crippen molar-refractivity contribution in [3.05, 3.63) is 0 Å². The van der Waals surface area contributed by atoms with E-state index in [2.05, 4.69) is 0 Å². The van der Waals surface area contributed by atoms with Crippen molar-refractivity contribution in [2.45, 2.75) is 73.1 Å². The predicted molar refractivity (Wildman–Crippen MR) is 86.3 cm³/mol. The number of carbonyl (C=O) groups is 2. The van der Waals surface area contributed by atoms with Crippen LogP contribution in [0, 0.1) is 16.7 Å². The monoisotopic (exact) mass is 353 g/mol. The maximum absolute atomic E-state index is 12.6. The van der Waals surface area contributed by atoms with Crippen LogP contribution in [0.1, 0.15) is 60.8 Å². The van der Waals surface area contributed by atoms with Crippen molar-refractivity contribution in [2.24, 2.45) is 16.7 Å². The standard InChI is InChI=1S/C17H30F3NO3/c1-15(2,3)9-11(13(23)16(4,5)6)7-8-12(22)10-21-14(24)17(18,19)20/h11-12,22H,7-10H2,1-6H3,(H,21,24). The highest BCUT2D eigenvalue weighted by atomic mass is 19.4. The lowest BCUT2D eigenvalue weighted by Gasteiger charge is -2.30. The van der Waals surface area contributed by atoms with Gasteiger partial charge in [-0.05, 0) is 24.7 Å². The van der Waals surface area contributed by atoms with E-state index in [-0.39, 0.29) is 23.5 Å². The molecule has 0 aliphatic heterocycles. The van der Waals surface area contributed by atoms with Gasteiger partial charge in [0, 0.05) is 17.9 Å². The predicted octanol–water partition coefficient (Wildman–Crippen LogP) is 3.47. The Morgan fingerprint density at radius 3 is 1.88 bits per heavy atom. The summed E-state index contributed by atoms with van der Waals surface area (Å²) >= 11 is 0. The summed E-state index contributed by atoms with van der Waals surface area (Å²) in [6, 6.07) is 0. The molecule has 2 N–H and O–H groups in total. The van der Waals surface area contributed by atoms with Crippen molar-refractivity contribution in [2.75, 3.05) is 6.54 Å². The Balaban J connectivity index is 4.66. The third-order valence-corrected chi connectivity index (χ3v) is 3.57. The fourth-order valence-corrected chi connectivity index (χ4v) is 2.48. The SMILES string of the molecule is CC(C)(C)CC(CCC(O)CNC(=O)C(F)(F)F)C(=O)C(C)(C)C. The summed E-state index contributed by atoms with van der Waals surface area (Å²) in [6.45, 7) is 11.0. The van der Waals surface area contributed by atoms with Crippen LogP contribution in [0.5, 0.6) is 0 Å². The average molecular weight is 353 g/mol. The zero-order valence-electron chi connectivity index (χ0n) is 15.4. The summed E-state index contributed by atoms with van der Waals surface area (Å²) in [5.41, 5.74) is -0.605. The molecule has 0 aliphatic carbocycles. The molecule has 0 bridgehead atoms. The Morgan fingerprint density at radius 1 is 1.00 bits per heavy atom. The summed E-state index contributed by atoms with van der Waals surface area (Å²) in [6.07, 6.45) is -4.93. The van der Waals surface area contributed by atoms with Gasteiger partial charge < -0.3 is 10.4 Å². The van der Waals surface area contributed by atoms with E-state index in [4.69, 9.17) is 0 Å². The molecule has 0 aromatic rings. The molecule has 0 radical (unpaired) electrons. The molecule has 0 aromatic heterocycles. The second-order valence-electron chi connectivity index (χ2n) is 8.51. The van der Waals surface area contributed by atoms with Gasteiger partial charge >= 0.3 is 12.1 Å². The lowest BCUT2D eigenvalue weighted by atomic mass is 9.74. The number of aliphatic hydroxyl groups is 1. The zero-order chi connectivity index (χ0) is 19.3. The highest BCUT2D eigenvalue weighted by Crippen LogP contribution is 2.33. The van der Waals surface area contributed by atoms with E-state index in [0.717, 1.165) is 0 Å². The van der Waals surface area contributed by atoms with Crippen molar-refractivity contribution in [3.63, 3.8) is 0 Å². The summed E-state index contributed by atoms with van der Waals surface area (Å²) in [5.74, 6) is -2.28. The highest BCUT2D eigenvalue weighted by molar-refractivity contribution is 5.86. The highest BCUT2D eigenvalue weighted by Gasteiger charge is 2.38. The van der Waals surface area contributed by atoms with Gasteiger partial charge in [-0.1, -0.05) is 41.5 Å². The van der Waals surface area contributed by atoms with Gasteiger partial charge in [-0.25, -0.2) is 0 Å². The number of ketones is 1. The van der Waals surface area contributed by atoms with Crippen LogP contribution >= 0.6 is 0 Å². The molecule has 4 nitrogen and oxygen atoms in total. The zero-order valence-corrected chi connectivity index (χ0v) is 15.4. The number of Topliss-reactive ketones (excluding diaryl/α,β-unsaturated/α-hetero) is 1. The third-order valence-electron chi connectivity index (χ3n) is 3.57. The number of aliphatic hydroxyl groups excluding tert-OH is 1. The number of halogens is 3. The van der Waals surface area contributed by atoms with E-state index in [0.29, 0.717) is 12.8 Å². The molecule has 0 saturated heterocycles. The lowest BCUT2D eigenvalue weighted by molar-refractivity contribution is -0.174. The quantitative estimate of drug-likeness (QED) is 0.736. The van der Waals surface area contributed by atoms with E-state index in [1.807, 2.05) is 41.5 Å². The van der Waals surface area contributed by atoms with Gasteiger partial charge in [0.25, 0.3) is 0 Å². The Morgan fingerprint density at radius 2 is 1.50 bits per heavy atom. The summed E-state index contributed by atoms with van der Waals surface area (Å²) in [5, 5.41) is 11.5. The smallest absolute Gasteiger partial charge is 0.391 e. The van der Waals surface area contributed by atoms with Gasteiger partial charge in [-0.2, -0.15) is 13.2 Å². The number of rotatable bonds is 7. The fraction of sp³-hybridized carbons (Fsp3) is 0.882. The Kier molecular flexibility index (Phi) is 7.93. The molecule has 2 atom stereocenters. The van der Waals surface area contributed by atoms with Crippen LogP contribution in [0.3, 0.4) is 0 Å². The van der Waals surface area contributed by atoms with Crippen molar-refractivity contribution in [1.29, 1.82) is 0 Å². The largest absolute Gasteiger partial charge is 0.471 e. The fourth-order valence-electron chi connectivity index (χ4n) is 2.48. The van der Waals surface area contributed by atoms with Crippen molar-refractivity contribution >= 4 is 11.7 Å². The van der Waals surface area contributed by atoms with E-state index in [9.17, 15) is 27.9 Å². The molecule has 0 aliphatic rings. The molecular weight excluding hydrogens is 323 g/mol. The average Bonchev–Trinajstić information content (AvgIpc) is 2.36. The normalized spacial score (nSPS) is 15.8. The number of amides is 1. The van der Waals surface area contributed by atoms with Crippen LogP contribution in [0.25, 0.3) is 0 Å². The van der Waals surface area contributed by atoms with Crippen LogP contribution in [0.4, 0.5) is 13.2 Å². The first-order chi connectivity index (χ1) is 10.5. The van der Waals surface area contributed by atoms with Crippen LogP contribution in [-0.2, 0) is 9.59 Å². The molecule has 0 saturated carbocycles. The van der Waals surface area contributed by atoms with E-state index < -0.39 is 30.1 Å². The lowest BCUT2D eigenvalue weighted by Crippen LogP contribution is -2.41. The van der Waals surface area contributed by atoms with Crippen molar-refractivity contribution < 1.29 is 27.9 Å². The molecule has 142 valence electrons. The maximum atomic E-state index is 12.6. The molecular formula is C17H30F3NO3. The molecule has 0 aromatic carbocycles. The minimum absolute atomic E-state index is 0.0731. The molecule has 0 fully saturated rings. The van der Waals surface area contributed by atoms with Gasteiger partial charge in [-0.3, -0.25) is 9.59 Å². The Hall–Kier alpha value is -1.11. The molecule has 7 heteroatoms. The van der Waals surface area contributed by atoms with Gasteiger partial charge in [-0.15, -0.1) is 0 Å². The molecule has 0 rings (SSSR count). The first kappa shape index (κ1) is 22.9. The van der Waals surface area contributed by atoms with E-state index in [1.165, 1.54) is 0 Å². The molecule has 0 spiro atoms. The molecule has 0 heterocycles. The van der Waals surface area contributed by atoms with Crippen LogP contribution in [0.2, 0.25) is 0 Å². The Bertz CT molecular complexity index is 434. The first-order valence-electron chi connectivity index (χ1n) is 8.11. The van der Waals surface area contributed by atoms with Gasteiger partial charge in [0.2, 0.25) is 0 Å². The summed E-state index contributed by atoms with van der Waals surface area (Å²) in [4.78, 5) is 23.3. The van der Waals surface area contributed by atoms with Crippen LogP contribution in [0.15, 0.2) is 0 Å². The van der Waals surface area contributed by atoms with Gasteiger partial charge in [0.05, 0.1) is 6.10 Å². The number of alkyl halides is 3. The van der Waals surface area contributed by atoms with E-state index in [1.54, 1.807) is 5.32 Å². The number of carbonyl (C=O) groups excluding carboxylic acids is 2. The van der Waals surface area contributed by atoms with Gasteiger partial charge in [0.1, 0.15) is 5.78 Å². The van der Waals surface area contributed by atoms with Gasteiger partial charge in [0.15, 0.2) is 0 Å². The number of hydrogen-bond donors (Lipinski definition) is 2. The topological polar surface area (TPSA) is 66.4 Å². The van der Waals surface area contributed by atoms with E-state index >= 15 is 0 Å². The minimum atomic E-state index is -4.96. The minimum Gasteiger partial charge on any atom is -0.391 e. The first-order valence-corrected chi connectivity index (χ1v) is 8.11. The number of hydrogen-bond acceptors (Lipinski definition) is 3. The van der Waals surface area contributed by atoms with Crippen LogP contribution < -0.4 is 5.32 Å². The van der Waals surface area contributed by atoms with Crippen LogP contribution in [-0.4, -0.2) is 35.6 Å². The Labute approximate surface area is 142 Å². The maximum Gasteiger partial charge on any atom is 0.471 e. The second-order valence-corrected chi connectivity index (χ2v) is 8.51. The van der Waals surface area contributed by atoms with Crippen molar-refractivity contribution in [3.8, 4) is 0 Å². The summed E-state index contributed by atoms with van der Waals surface area (Å²) in [7, 11) is 0. The van der Waals surface area contributed by atoms with Crippen molar-refractivity contribution in [1.82, 2.24) is 5.32 Å². The summed E-state index contributed by atoms with van der Waals surface area (Å²) < 4.78 is 36.3. The third kappa shape index (κ3) is 9.25. The second kappa shape index (κ2) is 8.32. The molecule has 24 heavy (non-hydrogen) atoms. The number of nitrogens with one attached hydrogen (secondary N) is 1.